The van der Waals surface area contributed by atoms with Crippen LogP contribution in [0.4, 0.5) is 0 Å². The highest BCUT2D eigenvalue weighted by Gasteiger charge is 2.49. The van der Waals surface area contributed by atoms with Crippen LogP contribution in [0, 0.1) is 23.7 Å². The van der Waals surface area contributed by atoms with Gasteiger partial charge in [-0.1, -0.05) is 111 Å². The second-order valence-electron chi connectivity index (χ2n) is 17.8. The maximum absolute atomic E-state index is 14.1. The quantitative estimate of drug-likeness (QED) is 0.139. The van der Waals surface area contributed by atoms with Gasteiger partial charge in [-0.25, -0.2) is 0 Å². The third kappa shape index (κ3) is 8.60. The van der Waals surface area contributed by atoms with Crippen molar-refractivity contribution in [3.63, 3.8) is 0 Å². The normalized spacial score (nSPS) is 28.8. The number of amides is 5. The monoisotopic (exact) mass is 805 g/mol. The fourth-order valence-corrected chi connectivity index (χ4v) is 9.85. The van der Waals surface area contributed by atoms with E-state index in [-0.39, 0.29) is 84.4 Å². The Kier molecular flexibility index (Phi) is 11.3. The lowest BCUT2D eigenvalue weighted by molar-refractivity contribution is -0.133. The van der Waals surface area contributed by atoms with Crippen LogP contribution in [0.5, 0.6) is 0 Å². The van der Waals surface area contributed by atoms with Gasteiger partial charge >= 0.3 is 0 Å². The van der Waals surface area contributed by atoms with E-state index in [9.17, 15) is 24.0 Å². The first-order valence-electron chi connectivity index (χ1n) is 22.0. The Morgan fingerprint density at radius 3 is 1.22 bits per heavy atom. The standard InChI is InChI=1S/C50H55N5O5/c1-2-3-13-36-27-54(28-40(36)46(56)51-43-24-37(43)31-14-7-4-8-15-31)49(59)34-20-22-35(23-21-34)50(60)55-29-41(47(57)52-44-25-38(44)32-16-9-5-10-17-32)42(30-55)48(58)53-45-26-39(45)33-18-11-6-12-19-33/h4-12,14-23,36-45H,2-3,13,24-30H2,1H3,(H,51,56)(H,52,57)(H,53,58)/t36-,37+,38+,39+,40-,41+,42+,43-,44-,45-/m0/s1. The van der Waals surface area contributed by atoms with Gasteiger partial charge in [-0.2, -0.15) is 0 Å². The Labute approximate surface area is 352 Å². The predicted octanol–water partition coefficient (Wildman–Crippen LogP) is 6.27. The molecule has 3 saturated carbocycles. The molecule has 9 rings (SSSR count). The highest BCUT2D eigenvalue weighted by atomic mass is 16.2. The van der Waals surface area contributed by atoms with E-state index in [4.69, 9.17) is 0 Å². The van der Waals surface area contributed by atoms with Crippen molar-refractivity contribution in [1.29, 1.82) is 0 Å². The summed E-state index contributed by atoms with van der Waals surface area (Å²) in [6.45, 7) is 3.28. The van der Waals surface area contributed by atoms with Crippen LogP contribution in [-0.2, 0) is 14.4 Å². The fraction of sp³-hybridized carbons (Fsp3) is 0.420. The molecule has 60 heavy (non-hydrogen) atoms. The highest BCUT2D eigenvalue weighted by Crippen LogP contribution is 2.43. The number of nitrogens with zero attached hydrogens (tertiary/aromatic N) is 2. The maximum atomic E-state index is 14.1. The van der Waals surface area contributed by atoms with Crippen molar-refractivity contribution >= 4 is 29.5 Å². The second kappa shape index (κ2) is 17.1. The van der Waals surface area contributed by atoms with Crippen LogP contribution in [0.25, 0.3) is 0 Å². The third-order valence-corrected chi connectivity index (χ3v) is 13.7. The summed E-state index contributed by atoms with van der Waals surface area (Å²) in [6.07, 6.45) is 5.51. The van der Waals surface area contributed by atoms with E-state index >= 15 is 0 Å². The molecule has 5 aliphatic rings. The molecular formula is C50H55N5O5. The Bertz CT molecular complexity index is 2120. The van der Waals surface area contributed by atoms with E-state index in [0.717, 1.165) is 38.5 Å². The summed E-state index contributed by atoms with van der Waals surface area (Å²) in [5.74, 6) is -1.56. The molecular weight excluding hydrogens is 751 g/mol. The van der Waals surface area contributed by atoms with Gasteiger partial charge in [0.25, 0.3) is 11.8 Å². The SMILES string of the molecule is CCCC[C@H]1CN(C(=O)c2ccc(C(=O)N3C[C@@H](C(=O)N[C@H]4C[C@@H]4c4ccccc4)[C@H](C(=O)N[C@H]4C[C@@H]4c4ccccc4)C3)cc2)C[C@@H]1C(=O)N[C@H]1C[C@@H]1c1ccccc1. The fourth-order valence-electron chi connectivity index (χ4n) is 9.85. The molecule has 5 amide bonds. The van der Waals surface area contributed by atoms with Crippen molar-refractivity contribution in [2.24, 2.45) is 23.7 Å². The molecule has 10 nitrogen and oxygen atoms in total. The third-order valence-electron chi connectivity index (χ3n) is 13.7. The Balaban J connectivity index is 0.841. The van der Waals surface area contributed by atoms with Gasteiger partial charge in [0, 0.05) is 73.2 Å². The first-order valence-corrected chi connectivity index (χ1v) is 22.0. The molecule has 4 aromatic rings. The summed E-state index contributed by atoms with van der Waals surface area (Å²) in [5.41, 5.74) is 4.45. The Morgan fingerprint density at radius 2 is 0.833 bits per heavy atom. The number of benzene rings is 4. The van der Waals surface area contributed by atoms with Gasteiger partial charge in [0.2, 0.25) is 17.7 Å². The van der Waals surface area contributed by atoms with Gasteiger partial charge in [0.15, 0.2) is 0 Å². The number of carbonyl (C=O) groups is 5. The minimum atomic E-state index is -0.689. The van der Waals surface area contributed by atoms with Gasteiger partial charge in [-0.15, -0.1) is 0 Å². The van der Waals surface area contributed by atoms with E-state index < -0.39 is 11.8 Å². The number of nitrogens with one attached hydrogen (secondary N) is 3. The minimum absolute atomic E-state index is 0.00303. The Morgan fingerprint density at radius 1 is 0.483 bits per heavy atom. The van der Waals surface area contributed by atoms with Crippen LogP contribution in [-0.4, -0.2) is 83.6 Å². The van der Waals surface area contributed by atoms with Crippen molar-refractivity contribution in [2.45, 2.75) is 81.3 Å². The zero-order valence-corrected chi connectivity index (χ0v) is 34.2. The first kappa shape index (κ1) is 39.7. The van der Waals surface area contributed by atoms with Crippen LogP contribution in [0.3, 0.4) is 0 Å². The number of carbonyl (C=O) groups excluding carboxylic acids is 5. The molecule has 3 aliphatic carbocycles. The van der Waals surface area contributed by atoms with E-state index in [1.54, 1.807) is 34.1 Å². The molecule has 2 saturated heterocycles. The molecule has 10 atom stereocenters. The molecule has 0 bridgehead atoms. The van der Waals surface area contributed by atoms with Crippen molar-refractivity contribution in [3.8, 4) is 0 Å². The van der Waals surface area contributed by atoms with Crippen LogP contribution in [0.15, 0.2) is 115 Å². The second-order valence-corrected chi connectivity index (χ2v) is 17.8. The van der Waals surface area contributed by atoms with Crippen molar-refractivity contribution in [1.82, 2.24) is 25.8 Å². The van der Waals surface area contributed by atoms with E-state index in [2.05, 4.69) is 59.3 Å². The smallest absolute Gasteiger partial charge is 0.253 e. The molecule has 2 heterocycles. The average molecular weight is 806 g/mol. The van der Waals surface area contributed by atoms with Crippen LogP contribution >= 0.6 is 0 Å². The van der Waals surface area contributed by atoms with Gasteiger partial charge in [-0.05, 0) is 72.6 Å². The summed E-state index contributed by atoms with van der Waals surface area (Å²) in [4.78, 5) is 72.8. The molecule has 0 radical (unpaired) electrons. The van der Waals surface area contributed by atoms with Crippen molar-refractivity contribution < 1.29 is 24.0 Å². The molecule has 4 aromatic carbocycles. The molecule has 0 unspecified atom stereocenters. The van der Waals surface area contributed by atoms with Crippen LogP contribution in [0.1, 0.15) is 101 Å². The summed E-state index contributed by atoms with van der Waals surface area (Å²) >= 11 is 0. The molecule has 3 N–H and O–H groups in total. The summed E-state index contributed by atoms with van der Waals surface area (Å²) in [7, 11) is 0. The highest BCUT2D eigenvalue weighted by molar-refractivity contribution is 5.99. The van der Waals surface area contributed by atoms with Crippen molar-refractivity contribution in [3.05, 3.63) is 143 Å². The summed E-state index contributed by atoms with van der Waals surface area (Å²) in [6, 6.07) is 37.3. The van der Waals surface area contributed by atoms with Crippen LogP contribution in [0.2, 0.25) is 0 Å². The summed E-state index contributed by atoms with van der Waals surface area (Å²) < 4.78 is 0. The van der Waals surface area contributed by atoms with Gasteiger partial charge in [-0.3, -0.25) is 24.0 Å². The molecule has 10 heteroatoms. The molecule has 2 aliphatic heterocycles. The molecule has 310 valence electrons. The number of unbranched alkanes of at least 4 members (excludes halogenated alkanes) is 1. The number of hydrogen-bond acceptors (Lipinski definition) is 5. The maximum Gasteiger partial charge on any atom is 0.253 e. The first-order chi connectivity index (χ1) is 29.2. The number of likely N-dealkylation sites (tertiary alicyclic amines) is 2. The lowest BCUT2D eigenvalue weighted by atomic mass is 9.90. The largest absolute Gasteiger partial charge is 0.352 e. The van der Waals surface area contributed by atoms with Crippen molar-refractivity contribution in [2.75, 3.05) is 26.2 Å². The van der Waals surface area contributed by atoms with E-state index in [1.165, 1.54) is 16.7 Å². The lowest BCUT2D eigenvalue weighted by Gasteiger charge is -2.18. The Hall–Kier alpha value is -5.77. The number of rotatable bonds is 14. The summed E-state index contributed by atoms with van der Waals surface area (Å²) in [5, 5.41) is 9.69. The minimum Gasteiger partial charge on any atom is -0.352 e. The molecule has 5 fully saturated rings. The number of hydrogen-bond donors (Lipinski definition) is 3. The lowest BCUT2D eigenvalue weighted by Crippen LogP contribution is -2.43. The van der Waals surface area contributed by atoms with Gasteiger partial charge in [0.1, 0.15) is 0 Å². The topological polar surface area (TPSA) is 128 Å². The van der Waals surface area contributed by atoms with Gasteiger partial charge < -0.3 is 25.8 Å². The van der Waals surface area contributed by atoms with Crippen LogP contribution < -0.4 is 16.0 Å². The average Bonchev–Trinajstić information content (AvgIpc) is 4.25. The molecule has 0 aromatic heterocycles. The zero-order valence-electron chi connectivity index (χ0n) is 34.2. The van der Waals surface area contributed by atoms with E-state index in [0.29, 0.717) is 30.1 Å². The predicted molar refractivity (Wildman–Crippen MR) is 229 cm³/mol. The molecule has 0 spiro atoms. The zero-order chi connectivity index (χ0) is 41.3. The van der Waals surface area contributed by atoms with Gasteiger partial charge in [0.05, 0.1) is 17.8 Å². The van der Waals surface area contributed by atoms with E-state index in [1.807, 2.05) is 54.6 Å².